The third-order valence-electron chi connectivity index (χ3n) is 3.39. The van der Waals surface area contributed by atoms with Crippen molar-refractivity contribution in [2.75, 3.05) is 18.5 Å². The van der Waals surface area contributed by atoms with E-state index in [-0.39, 0.29) is 17.2 Å². The summed E-state index contributed by atoms with van der Waals surface area (Å²) in [7, 11) is 0. The Balaban J connectivity index is 1.90. The van der Waals surface area contributed by atoms with E-state index in [1.54, 1.807) is 18.2 Å². The van der Waals surface area contributed by atoms with E-state index in [0.29, 0.717) is 24.7 Å². The summed E-state index contributed by atoms with van der Waals surface area (Å²) in [6.07, 6.45) is 0. The molecular weight excluding hydrogens is 280 g/mol. The average Bonchev–Trinajstić information content (AvgIpc) is 3.04. The van der Waals surface area contributed by atoms with Crippen LogP contribution < -0.4 is 5.32 Å². The minimum Gasteiger partial charge on any atom is -0.507 e. The van der Waals surface area contributed by atoms with Crippen molar-refractivity contribution in [1.82, 2.24) is 0 Å². The number of carbonyl (C=O) groups excluding carboxylic acids is 1. The zero-order valence-corrected chi connectivity index (χ0v) is 12.2. The topological polar surface area (TPSA) is 70.9 Å². The van der Waals surface area contributed by atoms with Gasteiger partial charge in [-0.2, -0.15) is 0 Å². The monoisotopic (exact) mass is 296 g/mol. The Hall–Kier alpha value is -2.82. The molecule has 0 spiro atoms. The second kappa shape index (κ2) is 5.89. The summed E-state index contributed by atoms with van der Waals surface area (Å²) in [5, 5.41) is 12.7. The highest BCUT2D eigenvalue weighted by molar-refractivity contribution is 6.10. The summed E-state index contributed by atoms with van der Waals surface area (Å²) >= 11 is 0. The average molecular weight is 296 g/mol. The number of hydrogen-bond donors (Lipinski definition) is 2. The van der Waals surface area contributed by atoms with Crippen molar-refractivity contribution in [3.05, 3.63) is 59.2 Å². The third-order valence-corrected chi connectivity index (χ3v) is 3.39. The van der Waals surface area contributed by atoms with E-state index >= 15 is 0 Å². The Labute approximate surface area is 128 Å². The van der Waals surface area contributed by atoms with E-state index < -0.39 is 0 Å². The summed E-state index contributed by atoms with van der Waals surface area (Å²) in [5.74, 6) is 0.117. The highest BCUT2D eigenvalue weighted by atomic mass is 16.5. The first-order chi connectivity index (χ1) is 10.6. The molecule has 5 heteroatoms. The number of aryl methyl sites for hydroxylation is 1. The number of aromatic hydroxyl groups is 1. The lowest BCUT2D eigenvalue weighted by atomic mass is 10.1. The summed E-state index contributed by atoms with van der Waals surface area (Å²) < 4.78 is 5.46. The van der Waals surface area contributed by atoms with Gasteiger partial charge in [-0.15, -0.1) is 0 Å². The minimum atomic E-state index is -0.368. The third kappa shape index (κ3) is 2.79. The number of aliphatic imine (C=N–C) groups is 1. The largest absolute Gasteiger partial charge is 0.507 e. The van der Waals surface area contributed by atoms with Crippen LogP contribution in [-0.4, -0.2) is 30.1 Å². The number of ether oxygens (including phenoxy) is 1. The highest BCUT2D eigenvalue weighted by Crippen LogP contribution is 2.23. The van der Waals surface area contributed by atoms with E-state index in [1.807, 2.05) is 25.1 Å². The lowest BCUT2D eigenvalue weighted by Crippen LogP contribution is -2.15. The van der Waals surface area contributed by atoms with Crippen LogP contribution in [0.1, 0.15) is 21.5 Å². The minimum absolute atomic E-state index is 0.0463. The maximum Gasteiger partial charge on any atom is 0.259 e. The number of carbonyl (C=O) groups is 1. The molecule has 2 N–H and O–H groups in total. The van der Waals surface area contributed by atoms with Crippen LogP contribution in [0.4, 0.5) is 5.69 Å². The van der Waals surface area contributed by atoms with Crippen LogP contribution in [0, 0.1) is 6.92 Å². The number of amides is 1. The molecule has 0 unspecified atom stereocenters. The van der Waals surface area contributed by atoms with Gasteiger partial charge in [0.05, 0.1) is 23.4 Å². The van der Waals surface area contributed by atoms with Gasteiger partial charge in [-0.05, 0) is 31.2 Å². The van der Waals surface area contributed by atoms with Gasteiger partial charge in [-0.25, -0.2) is 4.99 Å². The van der Waals surface area contributed by atoms with Crippen molar-refractivity contribution in [2.24, 2.45) is 4.99 Å². The molecular formula is C17H16N2O3. The molecule has 0 saturated carbocycles. The predicted molar refractivity (Wildman–Crippen MR) is 84.6 cm³/mol. The van der Waals surface area contributed by atoms with E-state index in [2.05, 4.69) is 10.3 Å². The lowest BCUT2D eigenvalue weighted by Gasteiger charge is -2.12. The molecule has 1 amide bonds. The standard InChI is InChI=1S/C17H16N2O3/c1-11-6-7-15(20)13(10-11)16(21)19-14-5-3-2-4-12(14)17-18-8-9-22-17/h2-7,10,20H,8-9H2,1H3,(H,19,21). The molecule has 112 valence electrons. The fraction of sp³-hybridized carbons (Fsp3) is 0.176. The summed E-state index contributed by atoms with van der Waals surface area (Å²) in [6.45, 7) is 3.04. The van der Waals surface area contributed by atoms with Crippen molar-refractivity contribution in [3.63, 3.8) is 0 Å². The molecule has 0 aliphatic carbocycles. The predicted octanol–water partition coefficient (Wildman–Crippen LogP) is 2.73. The molecule has 0 atom stereocenters. The second-order valence-electron chi connectivity index (χ2n) is 5.06. The van der Waals surface area contributed by atoms with E-state index in [1.165, 1.54) is 6.07 Å². The maximum absolute atomic E-state index is 12.4. The molecule has 0 aromatic heterocycles. The van der Waals surface area contributed by atoms with Gasteiger partial charge < -0.3 is 15.2 Å². The number of hydrogen-bond acceptors (Lipinski definition) is 4. The van der Waals surface area contributed by atoms with Crippen LogP contribution in [0.3, 0.4) is 0 Å². The number of phenolic OH excluding ortho intramolecular Hbond substituents is 1. The molecule has 1 aliphatic rings. The molecule has 22 heavy (non-hydrogen) atoms. The molecule has 0 radical (unpaired) electrons. The van der Waals surface area contributed by atoms with Crippen LogP contribution in [0.15, 0.2) is 47.5 Å². The number of benzene rings is 2. The Morgan fingerprint density at radius 2 is 2.09 bits per heavy atom. The molecule has 0 saturated heterocycles. The second-order valence-corrected chi connectivity index (χ2v) is 5.06. The summed E-state index contributed by atoms with van der Waals surface area (Å²) in [6, 6.07) is 12.2. The highest BCUT2D eigenvalue weighted by Gasteiger charge is 2.17. The maximum atomic E-state index is 12.4. The van der Waals surface area contributed by atoms with Gasteiger partial charge in [-0.1, -0.05) is 23.8 Å². The van der Waals surface area contributed by atoms with Crippen molar-refractivity contribution in [2.45, 2.75) is 6.92 Å². The Kier molecular flexibility index (Phi) is 3.78. The van der Waals surface area contributed by atoms with Gasteiger partial charge in [0.2, 0.25) is 5.90 Å². The molecule has 3 rings (SSSR count). The molecule has 0 fully saturated rings. The van der Waals surface area contributed by atoms with Gasteiger partial charge in [0, 0.05) is 0 Å². The number of anilines is 1. The van der Waals surface area contributed by atoms with Crippen molar-refractivity contribution >= 4 is 17.5 Å². The van der Waals surface area contributed by atoms with Gasteiger partial charge >= 0.3 is 0 Å². The fourth-order valence-electron chi connectivity index (χ4n) is 2.30. The van der Waals surface area contributed by atoms with Crippen molar-refractivity contribution in [1.29, 1.82) is 0 Å². The van der Waals surface area contributed by atoms with Crippen LogP contribution in [-0.2, 0) is 4.74 Å². The van der Waals surface area contributed by atoms with Gasteiger partial charge in [0.1, 0.15) is 12.4 Å². The molecule has 1 aliphatic heterocycles. The molecule has 2 aromatic rings. The molecule has 2 aromatic carbocycles. The number of phenols is 1. The van der Waals surface area contributed by atoms with E-state index in [4.69, 9.17) is 4.74 Å². The van der Waals surface area contributed by atoms with Gasteiger partial charge in [0.25, 0.3) is 5.91 Å². The summed E-state index contributed by atoms with van der Waals surface area (Å²) in [4.78, 5) is 16.7. The summed E-state index contributed by atoms with van der Waals surface area (Å²) in [5.41, 5.74) is 2.48. The van der Waals surface area contributed by atoms with E-state index in [9.17, 15) is 9.90 Å². The SMILES string of the molecule is Cc1ccc(O)c(C(=O)Nc2ccccc2C2=NCCO2)c1. The first kappa shape index (κ1) is 14.1. The van der Waals surface area contributed by atoms with Gasteiger partial charge in [-0.3, -0.25) is 4.79 Å². The normalized spacial score (nSPS) is 13.4. The van der Waals surface area contributed by atoms with Crippen LogP contribution >= 0.6 is 0 Å². The zero-order valence-electron chi connectivity index (χ0n) is 12.2. The van der Waals surface area contributed by atoms with Crippen LogP contribution in [0.25, 0.3) is 0 Å². The Morgan fingerprint density at radius 1 is 1.27 bits per heavy atom. The molecule has 5 nitrogen and oxygen atoms in total. The lowest BCUT2D eigenvalue weighted by molar-refractivity contribution is 0.102. The van der Waals surface area contributed by atoms with Crippen LogP contribution in [0.2, 0.25) is 0 Å². The number of nitrogens with one attached hydrogen (secondary N) is 1. The van der Waals surface area contributed by atoms with Crippen LogP contribution in [0.5, 0.6) is 5.75 Å². The molecule has 0 bridgehead atoms. The number of para-hydroxylation sites is 1. The quantitative estimate of drug-likeness (QED) is 0.915. The molecule has 1 heterocycles. The van der Waals surface area contributed by atoms with E-state index in [0.717, 1.165) is 11.1 Å². The first-order valence-corrected chi connectivity index (χ1v) is 7.03. The zero-order chi connectivity index (χ0) is 15.5. The first-order valence-electron chi connectivity index (χ1n) is 7.03. The number of nitrogens with zero attached hydrogens (tertiary/aromatic N) is 1. The Morgan fingerprint density at radius 3 is 2.86 bits per heavy atom. The Bertz CT molecular complexity index is 753. The smallest absolute Gasteiger partial charge is 0.259 e. The van der Waals surface area contributed by atoms with Crippen molar-refractivity contribution in [3.8, 4) is 5.75 Å². The number of rotatable bonds is 3. The fourth-order valence-corrected chi connectivity index (χ4v) is 2.30. The van der Waals surface area contributed by atoms with Crippen molar-refractivity contribution < 1.29 is 14.6 Å². The van der Waals surface area contributed by atoms with Gasteiger partial charge in [0.15, 0.2) is 0 Å².